The molecule has 25 heavy (non-hydrogen) atoms. The summed E-state index contributed by atoms with van der Waals surface area (Å²) in [5.41, 5.74) is 3.36. The van der Waals surface area contributed by atoms with Crippen molar-refractivity contribution in [3.8, 4) is 0 Å². The maximum absolute atomic E-state index is 12.4. The third-order valence-corrected chi connectivity index (χ3v) is 5.31. The van der Waals surface area contributed by atoms with Gasteiger partial charge in [-0.25, -0.2) is 0 Å². The van der Waals surface area contributed by atoms with Gasteiger partial charge >= 0.3 is 0 Å². The number of anilines is 1. The fourth-order valence-corrected chi connectivity index (χ4v) is 3.51. The number of rotatable bonds is 3. The van der Waals surface area contributed by atoms with Crippen LogP contribution in [0.5, 0.6) is 0 Å². The summed E-state index contributed by atoms with van der Waals surface area (Å²) in [5, 5.41) is 4.15. The van der Waals surface area contributed by atoms with Gasteiger partial charge in [-0.05, 0) is 49.9 Å². The number of hydrogen-bond donors (Lipinski definition) is 0. The van der Waals surface area contributed by atoms with Crippen LogP contribution in [0.25, 0.3) is 0 Å². The van der Waals surface area contributed by atoms with Gasteiger partial charge in [0, 0.05) is 31.2 Å². The lowest BCUT2D eigenvalue weighted by Gasteiger charge is -2.31. The standard InChI is InChI=1S/C19H23N3O3/c1-12-3-5-16(9-13(12)2)22-10-14(4-6-17(22)23)19-20-18(21-25-19)15-7-8-24-11-15/h3,5,9,14-15H,4,6-8,10-11H2,1-2H3/t14-,15-/m1/s1. The Morgan fingerprint density at radius 2 is 2.04 bits per heavy atom. The van der Waals surface area contributed by atoms with Gasteiger partial charge in [-0.2, -0.15) is 4.98 Å². The number of ether oxygens (including phenoxy) is 1. The molecule has 132 valence electrons. The van der Waals surface area contributed by atoms with Crippen molar-refractivity contribution < 1.29 is 14.1 Å². The molecule has 6 heteroatoms. The second-order valence-electron chi connectivity index (χ2n) is 7.06. The third-order valence-electron chi connectivity index (χ3n) is 5.31. The molecule has 0 saturated carbocycles. The van der Waals surface area contributed by atoms with Crippen molar-refractivity contribution in [3.05, 3.63) is 41.0 Å². The van der Waals surface area contributed by atoms with Crippen LogP contribution >= 0.6 is 0 Å². The van der Waals surface area contributed by atoms with Crippen molar-refractivity contribution in [2.24, 2.45) is 0 Å². The summed E-state index contributed by atoms with van der Waals surface area (Å²) < 4.78 is 10.9. The van der Waals surface area contributed by atoms with Gasteiger partial charge in [0.25, 0.3) is 0 Å². The summed E-state index contributed by atoms with van der Waals surface area (Å²) in [7, 11) is 0. The number of amides is 1. The second-order valence-corrected chi connectivity index (χ2v) is 7.06. The Hall–Kier alpha value is -2.21. The Bertz CT molecular complexity index is 780. The summed E-state index contributed by atoms with van der Waals surface area (Å²) in [5.74, 6) is 1.86. The van der Waals surface area contributed by atoms with E-state index in [1.54, 1.807) is 0 Å². The summed E-state index contributed by atoms with van der Waals surface area (Å²) >= 11 is 0. The van der Waals surface area contributed by atoms with Gasteiger partial charge < -0.3 is 14.2 Å². The smallest absolute Gasteiger partial charge is 0.231 e. The molecule has 2 saturated heterocycles. The molecular weight excluding hydrogens is 318 g/mol. The van der Waals surface area contributed by atoms with Crippen LogP contribution in [-0.2, 0) is 9.53 Å². The van der Waals surface area contributed by atoms with Crippen molar-refractivity contribution in [1.29, 1.82) is 0 Å². The van der Waals surface area contributed by atoms with E-state index in [1.807, 2.05) is 11.0 Å². The van der Waals surface area contributed by atoms with Gasteiger partial charge in [-0.3, -0.25) is 4.79 Å². The molecule has 0 spiro atoms. The Labute approximate surface area is 147 Å². The van der Waals surface area contributed by atoms with E-state index in [1.165, 1.54) is 11.1 Å². The Morgan fingerprint density at radius 3 is 2.80 bits per heavy atom. The van der Waals surface area contributed by atoms with E-state index >= 15 is 0 Å². The average molecular weight is 341 g/mol. The van der Waals surface area contributed by atoms with E-state index < -0.39 is 0 Å². The Kier molecular flexibility index (Phi) is 4.29. The number of carbonyl (C=O) groups excluding carboxylic acids is 1. The van der Waals surface area contributed by atoms with E-state index in [2.05, 4.69) is 36.1 Å². The highest BCUT2D eigenvalue weighted by molar-refractivity contribution is 5.94. The molecule has 6 nitrogen and oxygen atoms in total. The second kappa shape index (κ2) is 6.59. The fraction of sp³-hybridized carbons (Fsp3) is 0.526. The van der Waals surface area contributed by atoms with Gasteiger partial charge in [-0.1, -0.05) is 11.2 Å². The van der Waals surface area contributed by atoms with Crippen molar-refractivity contribution in [2.45, 2.75) is 44.9 Å². The summed E-state index contributed by atoms with van der Waals surface area (Å²) in [4.78, 5) is 18.9. The first-order chi connectivity index (χ1) is 12.1. The first-order valence-electron chi connectivity index (χ1n) is 8.90. The molecule has 1 amide bonds. The number of hydrogen-bond acceptors (Lipinski definition) is 5. The normalized spacial score (nSPS) is 24.1. The number of nitrogens with zero attached hydrogens (tertiary/aromatic N) is 3. The summed E-state index contributed by atoms with van der Waals surface area (Å²) in [6.07, 6.45) is 2.20. The SMILES string of the molecule is Cc1ccc(N2C[C@H](c3nc([C@@H]4CCOC4)no3)CCC2=O)cc1C. The molecule has 4 rings (SSSR count). The minimum Gasteiger partial charge on any atom is -0.381 e. The van der Waals surface area contributed by atoms with Gasteiger partial charge in [0.05, 0.1) is 12.5 Å². The molecule has 2 aromatic rings. The van der Waals surface area contributed by atoms with Gasteiger partial charge in [0.1, 0.15) is 0 Å². The van der Waals surface area contributed by atoms with E-state index in [4.69, 9.17) is 9.26 Å². The molecule has 0 aliphatic carbocycles. The highest BCUT2D eigenvalue weighted by Gasteiger charge is 2.32. The van der Waals surface area contributed by atoms with Crippen molar-refractivity contribution >= 4 is 11.6 Å². The quantitative estimate of drug-likeness (QED) is 0.858. The molecule has 1 aromatic carbocycles. The molecule has 1 aromatic heterocycles. The monoisotopic (exact) mass is 341 g/mol. The van der Waals surface area contributed by atoms with Gasteiger partial charge in [0.15, 0.2) is 5.82 Å². The highest BCUT2D eigenvalue weighted by atomic mass is 16.5. The topological polar surface area (TPSA) is 68.5 Å². The number of benzene rings is 1. The lowest BCUT2D eigenvalue weighted by Crippen LogP contribution is -2.39. The molecule has 0 radical (unpaired) electrons. The Balaban J connectivity index is 1.53. The molecule has 2 aliphatic rings. The van der Waals surface area contributed by atoms with Crippen LogP contribution in [0.3, 0.4) is 0 Å². The van der Waals surface area contributed by atoms with Crippen LogP contribution in [-0.4, -0.2) is 35.8 Å². The number of aromatic nitrogens is 2. The van der Waals surface area contributed by atoms with Crippen LogP contribution < -0.4 is 4.90 Å². The summed E-state index contributed by atoms with van der Waals surface area (Å²) in [6, 6.07) is 6.15. The highest BCUT2D eigenvalue weighted by Crippen LogP contribution is 2.32. The van der Waals surface area contributed by atoms with Crippen molar-refractivity contribution in [3.63, 3.8) is 0 Å². The number of aryl methyl sites for hydroxylation is 2. The molecule has 0 N–H and O–H groups in total. The average Bonchev–Trinajstić information content (AvgIpc) is 3.29. The minimum absolute atomic E-state index is 0.0860. The molecule has 2 fully saturated rings. The van der Waals surface area contributed by atoms with E-state index in [0.717, 1.165) is 31.0 Å². The molecule has 0 bridgehead atoms. The minimum atomic E-state index is 0.0860. The van der Waals surface area contributed by atoms with Crippen LogP contribution in [0.1, 0.15) is 53.9 Å². The van der Waals surface area contributed by atoms with Crippen molar-refractivity contribution in [1.82, 2.24) is 10.1 Å². The van der Waals surface area contributed by atoms with Crippen LogP contribution in [0.4, 0.5) is 5.69 Å². The lowest BCUT2D eigenvalue weighted by molar-refractivity contribution is -0.119. The zero-order valence-corrected chi connectivity index (χ0v) is 14.7. The predicted molar refractivity (Wildman–Crippen MR) is 92.7 cm³/mol. The van der Waals surface area contributed by atoms with Crippen LogP contribution in [0, 0.1) is 13.8 Å². The number of piperidine rings is 1. The van der Waals surface area contributed by atoms with Crippen molar-refractivity contribution in [2.75, 3.05) is 24.7 Å². The molecule has 2 aliphatic heterocycles. The first-order valence-corrected chi connectivity index (χ1v) is 8.90. The third kappa shape index (κ3) is 3.18. The maximum Gasteiger partial charge on any atom is 0.231 e. The lowest BCUT2D eigenvalue weighted by atomic mass is 9.96. The van der Waals surface area contributed by atoms with E-state index in [0.29, 0.717) is 25.5 Å². The van der Waals surface area contributed by atoms with Gasteiger partial charge in [-0.15, -0.1) is 0 Å². The molecule has 0 unspecified atom stereocenters. The Morgan fingerprint density at radius 1 is 1.16 bits per heavy atom. The molecule has 2 atom stereocenters. The molecule has 3 heterocycles. The van der Waals surface area contributed by atoms with E-state index in [9.17, 15) is 4.79 Å². The van der Waals surface area contributed by atoms with Crippen LogP contribution in [0.15, 0.2) is 22.7 Å². The zero-order chi connectivity index (χ0) is 17.4. The first kappa shape index (κ1) is 16.3. The van der Waals surface area contributed by atoms with Gasteiger partial charge in [0.2, 0.25) is 11.8 Å². The largest absolute Gasteiger partial charge is 0.381 e. The fourth-order valence-electron chi connectivity index (χ4n) is 3.51. The summed E-state index contributed by atoms with van der Waals surface area (Å²) in [6.45, 7) is 6.15. The molecular formula is C19H23N3O3. The maximum atomic E-state index is 12.4. The van der Waals surface area contributed by atoms with E-state index in [-0.39, 0.29) is 17.7 Å². The predicted octanol–water partition coefficient (Wildman–Crippen LogP) is 3.10. The number of carbonyl (C=O) groups is 1. The zero-order valence-electron chi connectivity index (χ0n) is 14.7. The van der Waals surface area contributed by atoms with Crippen LogP contribution in [0.2, 0.25) is 0 Å².